The van der Waals surface area contributed by atoms with Gasteiger partial charge >= 0.3 is 0 Å². The summed E-state index contributed by atoms with van der Waals surface area (Å²) in [5.74, 6) is 0. The highest BCUT2D eigenvalue weighted by molar-refractivity contribution is 9.10. The van der Waals surface area contributed by atoms with Crippen molar-refractivity contribution in [1.29, 1.82) is 0 Å². The number of aryl methyl sites for hydroxylation is 1. The van der Waals surface area contributed by atoms with E-state index in [4.69, 9.17) is 5.73 Å². The first-order valence-electron chi connectivity index (χ1n) is 5.61. The average Bonchev–Trinajstić information content (AvgIpc) is 2.73. The van der Waals surface area contributed by atoms with Crippen molar-refractivity contribution in [2.75, 3.05) is 0 Å². The van der Waals surface area contributed by atoms with E-state index in [0.717, 1.165) is 23.7 Å². The minimum Gasteiger partial charge on any atom is -0.327 e. The predicted octanol–water partition coefficient (Wildman–Crippen LogP) is 3.41. The monoisotopic (exact) mass is 310 g/mol. The maximum atomic E-state index is 6.13. The molecule has 2 nitrogen and oxygen atoms in total. The Balaban J connectivity index is 1.80. The minimum absolute atomic E-state index is 0.223. The molecule has 0 radical (unpaired) electrons. The van der Waals surface area contributed by atoms with E-state index in [0.29, 0.717) is 0 Å². The molecule has 0 saturated heterocycles. The predicted molar refractivity (Wildman–Crippen MR) is 76.3 cm³/mol. The van der Waals surface area contributed by atoms with E-state index in [1.807, 2.05) is 12.3 Å². The number of thiophene rings is 1. The normalized spacial score (nSPS) is 12.6. The second kappa shape index (κ2) is 6.28. The lowest BCUT2D eigenvalue weighted by Gasteiger charge is -2.09. The van der Waals surface area contributed by atoms with E-state index >= 15 is 0 Å². The summed E-state index contributed by atoms with van der Waals surface area (Å²) in [7, 11) is 0. The lowest BCUT2D eigenvalue weighted by Crippen LogP contribution is -2.23. The molecule has 0 aliphatic carbocycles. The topological polar surface area (TPSA) is 38.9 Å². The van der Waals surface area contributed by atoms with Crippen LogP contribution in [0.2, 0.25) is 0 Å². The molecule has 2 aromatic heterocycles. The molecular formula is C13H15BrN2S. The van der Waals surface area contributed by atoms with Gasteiger partial charge in [-0.05, 0) is 52.9 Å². The summed E-state index contributed by atoms with van der Waals surface area (Å²) in [5.41, 5.74) is 7.39. The molecule has 0 saturated carbocycles. The second-order valence-corrected chi connectivity index (χ2v) is 6.01. The maximum absolute atomic E-state index is 6.13. The zero-order valence-corrected chi connectivity index (χ0v) is 11.9. The highest BCUT2D eigenvalue weighted by atomic mass is 79.9. The standard InChI is InChI=1S/C13H15BrN2S/c14-11-6-13(17-9-11)7-12(15)4-3-10-2-1-5-16-8-10/h1-2,5-6,8-9,12H,3-4,7,15H2. The highest BCUT2D eigenvalue weighted by Crippen LogP contribution is 2.21. The molecule has 1 unspecified atom stereocenters. The number of nitrogens with two attached hydrogens (primary N) is 1. The lowest BCUT2D eigenvalue weighted by molar-refractivity contribution is 0.614. The number of halogens is 1. The van der Waals surface area contributed by atoms with E-state index in [1.165, 1.54) is 10.4 Å². The number of rotatable bonds is 5. The second-order valence-electron chi connectivity index (χ2n) is 4.10. The van der Waals surface area contributed by atoms with Crippen molar-refractivity contribution in [3.8, 4) is 0 Å². The van der Waals surface area contributed by atoms with Crippen molar-refractivity contribution >= 4 is 27.3 Å². The Morgan fingerprint density at radius 2 is 2.35 bits per heavy atom. The van der Waals surface area contributed by atoms with Crippen molar-refractivity contribution in [3.63, 3.8) is 0 Å². The Morgan fingerprint density at radius 1 is 1.47 bits per heavy atom. The molecule has 2 rings (SSSR count). The van der Waals surface area contributed by atoms with Gasteiger partial charge in [0.1, 0.15) is 0 Å². The summed E-state index contributed by atoms with van der Waals surface area (Å²) in [6, 6.07) is 6.44. The average molecular weight is 311 g/mol. The summed E-state index contributed by atoms with van der Waals surface area (Å²) in [6.45, 7) is 0. The molecule has 2 aromatic rings. The van der Waals surface area contributed by atoms with Gasteiger partial charge in [-0.25, -0.2) is 0 Å². The third kappa shape index (κ3) is 4.22. The molecule has 0 fully saturated rings. The van der Waals surface area contributed by atoms with Crippen LogP contribution in [0.5, 0.6) is 0 Å². The summed E-state index contributed by atoms with van der Waals surface area (Å²) in [6.07, 6.45) is 6.67. The molecule has 4 heteroatoms. The third-order valence-corrected chi connectivity index (χ3v) is 4.33. The van der Waals surface area contributed by atoms with Gasteiger partial charge in [0.2, 0.25) is 0 Å². The zero-order valence-electron chi connectivity index (χ0n) is 9.47. The van der Waals surface area contributed by atoms with Crippen LogP contribution in [0.25, 0.3) is 0 Å². The number of nitrogens with zero attached hydrogens (tertiary/aromatic N) is 1. The summed E-state index contributed by atoms with van der Waals surface area (Å²) in [4.78, 5) is 5.45. The van der Waals surface area contributed by atoms with Crippen molar-refractivity contribution < 1.29 is 0 Å². The van der Waals surface area contributed by atoms with E-state index in [1.54, 1.807) is 17.5 Å². The minimum atomic E-state index is 0.223. The van der Waals surface area contributed by atoms with E-state index < -0.39 is 0 Å². The summed E-state index contributed by atoms with van der Waals surface area (Å²) < 4.78 is 1.15. The van der Waals surface area contributed by atoms with Crippen LogP contribution in [0.15, 0.2) is 40.4 Å². The molecule has 1 atom stereocenters. The van der Waals surface area contributed by atoms with Crippen molar-refractivity contribution in [2.24, 2.45) is 5.73 Å². The SMILES string of the molecule is NC(CCc1cccnc1)Cc1cc(Br)cs1. The van der Waals surface area contributed by atoms with E-state index in [9.17, 15) is 0 Å². The Hall–Kier alpha value is -0.710. The largest absolute Gasteiger partial charge is 0.327 e. The fourth-order valence-corrected chi connectivity index (χ4v) is 3.26. The Labute approximate surface area is 114 Å². The van der Waals surface area contributed by atoms with Gasteiger partial charge in [-0.15, -0.1) is 11.3 Å². The fraction of sp³-hybridized carbons (Fsp3) is 0.308. The molecule has 17 heavy (non-hydrogen) atoms. The van der Waals surface area contributed by atoms with Crippen LogP contribution in [-0.2, 0) is 12.8 Å². The number of hydrogen-bond acceptors (Lipinski definition) is 3. The lowest BCUT2D eigenvalue weighted by atomic mass is 10.0. The smallest absolute Gasteiger partial charge is 0.0299 e. The van der Waals surface area contributed by atoms with Gasteiger partial charge in [-0.3, -0.25) is 4.98 Å². The number of hydrogen-bond donors (Lipinski definition) is 1. The van der Waals surface area contributed by atoms with Crippen molar-refractivity contribution in [3.05, 3.63) is 50.9 Å². The molecule has 0 bridgehead atoms. The van der Waals surface area contributed by atoms with Gasteiger partial charge in [0.25, 0.3) is 0 Å². The quantitative estimate of drug-likeness (QED) is 0.919. The van der Waals surface area contributed by atoms with Gasteiger partial charge in [-0.2, -0.15) is 0 Å². The van der Waals surface area contributed by atoms with Crippen molar-refractivity contribution in [2.45, 2.75) is 25.3 Å². The van der Waals surface area contributed by atoms with Crippen LogP contribution >= 0.6 is 27.3 Å². The van der Waals surface area contributed by atoms with E-state index in [2.05, 4.69) is 38.4 Å². The van der Waals surface area contributed by atoms with Gasteiger partial charge in [-0.1, -0.05) is 6.07 Å². The molecule has 2 N–H and O–H groups in total. The van der Waals surface area contributed by atoms with Gasteiger partial charge in [0, 0.05) is 33.2 Å². The van der Waals surface area contributed by atoms with Gasteiger partial charge in [0.05, 0.1) is 0 Å². The first kappa shape index (κ1) is 12.7. The Morgan fingerprint density at radius 3 is 3.00 bits per heavy atom. The van der Waals surface area contributed by atoms with Crippen LogP contribution in [0.4, 0.5) is 0 Å². The maximum Gasteiger partial charge on any atom is 0.0299 e. The third-order valence-electron chi connectivity index (χ3n) is 2.61. The Bertz CT molecular complexity index is 455. The van der Waals surface area contributed by atoms with Crippen LogP contribution in [0, 0.1) is 0 Å². The Kier molecular flexibility index (Phi) is 4.71. The van der Waals surface area contributed by atoms with Crippen LogP contribution < -0.4 is 5.73 Å². The van der Waals surface area contributed by atoms with Gasteiger partial charge in [0.15, 0.2) is 0 Å². The van der Waals surface area contributed by atoms with Crippen LogP contribution in [-0.4, -0.2) is 11.0 Å². The molecule has 0 aliphatic rings. The summed E-state index contributed by atoms with van der Waals surface area (Å²) in [5, 5.41) is 2.10. The molecule has 90 valence electrons. The zero-order chi connectivity index (χ0) is 12.1. The van der Waals surface area contributed by atoms with Crippen molar-refractivity contribution in [1.82, 2.24) is 4.98 Å². The van der Waals surface area contributed by atoms with Gasteiger partial charge < -0.3 is 5.73 Å². The highest BCUT2D eigenvalue weighted by Gasteiger charge is 2.06. The molecule has 0 aromatic carbocycles. The first-order chi connectivity index (χ1) is 8.24. The molecule has 2 heterocycles. The number of aromatic nitrogens is 1. The van der Waals surface area contributed by atoms with Crippen LogP contribution in [0.1, 0.15) is 16.9 Å². The fourth-order valence-electron chi connectivity index (χ4n) is 1.72. The van der Waals surface area contributed by atoms with Crippen LogP contribution in [0.3, 0.4) is 0 Å². The first-order valence-corrected chi connectivity index (χ1v) is 7.28. The summed E-state index contributed by atoms with van der Waals surface area (Å²) >= 11 is 5.22. The molecular weight excluding hydrogens is 296 g/mol. The van der Waals surface area contributed by atoms with E-state index in [-0.39, 0.29) is 6.04 Å². The number of pyridine rings is 1. The molecule has 0 aliphatic heterocycles. The molecule has 0 amide bonds. The molecule has 0 spiro atoms.